The van der Waals surface area contributed by atoms with Crippen LogP contribution >= 0.6 is 0 Å². The Morgan fingerprint density at radius 3 is 2.67 bits per heavy atom. The van der Waals surface area contributed by atoms with Crippen molar-refractivity contribution in [3.8, 4) is 11.5 Å². The van der Waals surface area contributed by atoms with Crippen LogP contribution in [-0.2, 0) is 0 Å². The van der Waals surface area contributed by atoms with Crippen LogP contribution in [0.1, 0.15) is 28.9 Å². The number of hydrogen-bond donors (Lipinski definition) is 1. The first-order valence-corrected chi connectivity index (χ1v) is 6.58. The highest BCUT2D eigenvalue weighted by molar-refractivity contribution is 5.94. The van der Waals surface area contributed by atoms with E-state index in [4.69, 9.17) is 9.47 Å². The molecule has 21 heavy (non-hydrogen) atoms. The highest BCUT2D eigenvalue weighted by atomic mass is 16.5. The smallest absolute Gasteiger partial charge is 0.253 e. The highest BCUT2D eigenvalue weighted by Crippen LogP contribution is 2.29. The van der Waals surface area contributed by atoms with E-state index in [1.54, 1.807) is 32.5 Å². The van der Waals surface area contributed by atoms with Crippen molar-refractivity contribution in [1.82, 2.24) is 10.3 Å². The zero-order valence-electron chi connectivity index (χ0n) is 12.3. The molecule has 0 saturated heterocycles. The number of nitrogens with one attached hydrogen (secondary N) is 1. The summed E-state index contributed by atoms with van der Waals surface area (Å²) in [6.45, 7) is 1.89. The lowest BCUT2D eigenvalue weighted by atomic mass is 10.1. The van der Waals surface area contributed by atoms with Crippen molar-refractivity contribution in [2.75, 3.05) is 14.2 Å². The van der Waals surface area contributed by atoms with E-state index in [0.717, 1.165) is 5.56 Å². The fraction of sp³-hybridized carbons (Fsp3) is 0.250. The molecule has 2 rings (SSSR count). The minimum absolute atomic E-state index is 0.180. The Labute approximate surface area is 123 Å². The quantitative estimate of drug-likeness (QED) is 0.917. The molecule has 1 N–H and O–H groups in total. The summed E-state index contributed by atoms with van der Waals surface area (Å²) in [6, 6.07) is 8.72. The van der Waals surface area contributed by atoms with Gasteiger partial charge in [0.05, 0.1) is 25.8 Å². The van der Waals surface area contributed by atoms with E-state index in [9.17, 15) is 4.79 Å². The standard InChI is InChI=1S/C16H18N2O3/c1-11(18-16(19)12-5-4-8-17-10-12)14-9-13(20-2)6-7-15(14)21-3/h4-11H,1-3H3,(H,18,19). The molecule has 2 aromatic rings. The van der Waals surface area contributed by atoms with Crippen LogP contribution in [0.3, 0.4) is 0 Å². The van der Waals surface area contributed by atoms with Crippen LogP contribution in [0.4, 0.5) is 0 Å². The van der Waals surface area contributed by atoms with Crippen molar-refractivity contribution in [1.29, 1.82) is 0 Å². The van der Waals surface area contributed by atoms with Gasteiger partial charge >= 0.3 is 0 Å². The molecule has 1 amide bonds. The molecule has 5 heteroatoms. The topological polar surface area (TPSA) is 60.5 Å². The van der Waals surface area contributed by atoms with Gasteiger partial charge < -0.3 is 14.8 Å². The zero-order valence-corrected chi connectivity index (χ0v) is 12.3. The van der Waals surface area contributed by atoms with E-state index in [0.29, 0.717) is 17.1 Å². The molecule has 1 heterocycles. The minimum atomic E-state index is -0.220. The van der Waals surface area contributed by atoms with Crippen LogP contribution in [0.15, 0.2) is 42.7 Å². The van der Waals surface area contributed by atoms with Crippen LogP contribution in [-0.4, -0.2) is 25.1 Å². The second kappa shape index (κ2) is 6.74. The highest BCUT2D eigenvalue weighted by Gasteiger charge is 2.16. The molecular weight excluding hydrogens is 268 g/mol. The summed E-state index contributed by atoms with van der Waals surface area (Å²) >= 11 is 0. The van der Waals surface area contributed by atoms with Crippen LogP contribution < -0.4 is 14.8 Å². The molecule has 0 aliphatic carbocycles. The summed E-state index contributed by atoms with van der Waals surface area (Å²) in [5.74, 6) is 1.24. The summed E-state index contributed by atoms with van der Waals surface area (Å²) in [5, 5.41) is 2.92. The van der Waals surface area contributed by atoms with Gasteiger partial charge in [0, 0.05) is 18.0 Å². The summed E-state index contributed by atoms with van der Waals surface area (Å²) in [6.07, 6.45) is 3.16. The van der Waals surface area contributed by atoms with Gasteiger partial charge in [-0.1, -0.05) is 0 Å². The average molecular weight is 286 g/mol. The minimum Gasteiger partial charge on any atom is -0.497 e. The fourth-order valence-corrected chi connectivity index (χ4v) is 2.03. The molecule has 1 atom stereocenters. The van der Waals surface area contributed by atoms with Crippen LogP contribution in [0, 0.1) is 0 Å². The average Bonchev–Trinajstić information content (AvgIpc) is 2.54. The van der Waals surface area contributed by atoms with Crippen molar-refractivity contribution < 1.29 is 14.3 Å². The lowest BCUT2D eigenvalue weighted by molar-refractivity contribution is 0.0939. The second-order valence-corrected chi connectivity index (χ2v) is 4.54. The van der Waals surface area contributed by atoms with Crippen LogP contribution in [0.25, 0.3) is 0 Å². The van der Waals surface area contributed by atoms with Gasteiger partial charge in [-0.15, -0.1) is 0 Å². The summed E-state index contributed by atoms with van der Waals surface area (Å²) < 4.78 is 10.5. The monoisotopic (exact) mass is 286 g/mol. The number of ether oxygens (including phenoxy) is 2. The Bertz CT molecular complexity index is 614. The van der Waals surface area contributed by atoms with Crippen molar-refractivity contribution >= 4 is 5.91 Å². The van der Waals surface area contributed by atoms with E-state index in [1.807, 2.05) is 25.1 Å². The first-order valence-electron chi connectivity index (χ1n) is 6.58. The number of amides is 1. The summed E-state index contributed by atoms with van der Waals surface area (Å²) in [4.78, 5) is 16.1. The van der Waals surface area contributed by atoms with Crippen molar-refractivity contribution in [3.05, 3.63) is 53.9 Å². The predicted molar refractivity (Wildman–Crippen MR) is 79.7 cm³/mol. The summed E-state index contributed by atoms with van der Waals surface area (Å²) in [5.41, 5.74) is 1.38. The number of pyridine rings is 1. The lowest BCUT2D eigenvalue weighted by Crippen LogP contribution is -2.27. The normalized spacial score (nSPS) is 11.6. The first kappa shape index (κ1) is 14.8. The predicted octanol–water partition coefficient (Wildman–Crippen LogP) is 2.59. The van der Waals surface area contributed by atoms with Gasteiger partial charge in [0.25, 0.3) is 5.91 Å². The van der Waals surface area contributed by atoms with Gasteiger partial charge in [0.2, 0.25) is 0 Å². The number of carbonyl (C=O) groups is 1. The molecule has 0 radical (unpaired) electrons. The maximum Gasteiger partial charge on any atom is 0.253 e. The van der Waals surface area contributed by atoms with Gasteiger partial charge in [0.1, 0.15) is 11.5 Å². The van der Waals surface area contributed by atoms with Gasteiger partial charge in [-0.25, -0.2) is 0 Å². The molecule has 0 aliphatic rings. The molecule has 0 spiro atoms. The molecule has 110 valence electrons. The third-order valence-corrected chi connectivity index (χ3v) is 3.17. The number of aromatic nitrogens is 1. The van der Waals surface area contributed by atoms with Crippen molar-refractivity contribution in [2.45, 2.75) is 13.0 Å². The number of hydrogen-bond acceptors (Lipinski definition) is 4. The van der Waals surface area contributed by atoms with Gasteiger partial charge in [-0.2, -0.15) is 0 Å². The van der Waals surface area contributed by atoms with E-state index >= 15 is 0 Å². The van der Waals surface area contributed by atoms with Crippen molar-refractivity contribution in [2.24, 2.45) is 0 Å². The van der Waals surface area contributed by atoms with Crippen LogP contribution in [0.5, 0.6) is 11.5 Å². The Morgan fingerprint density at radius 2 is 2.05 bits per heavy atom. The van der Waals surface area contributed by atoms with E-state index in [-0.39, 0.29) is 11.9 Å². The molecule has 1 aromatic heterocycles. The Balaban J connectivity index is 2.20. The Morgan fingerprint density at radius 1 is 1.24 bits per heavy atom. The maximum absolute atomic E-state index is 12.2. The molecule has 0 fully saturated rings. The Hall–Kier alpha value is -2.56. The van der Waals surface area contributed by atoms with Crippen LogP contribution in [0.2, 0.25) is 0 Å². The molecule has 0 aliphatic heterocycles. The first-order chi connectivity index (χ1) is 10.2. The molecular formula is C16H18N2O3. The molecule has 0 saturated carbocycles. The zero-order chi connectivity index (χ0) is 15.2. The van der Waals surface area contributed by atoms with E-state index < -0.39 is 0 Å². The molecule has 5 nitrogen and oxygen atoms in total. The number of nitrogens with zero attached hydrogens (tertiary/aromatic N) is 1. The fourth-order valence-electron chi connectivity index (χ4n) is 2.03. The van der Waals surface area contributed by atoms with E-state index in [1.165, 1.54) is 6.20 Å². The van der Waals surface area contributed by atoms with Gasteiger partial charge in [-0.3, -0.25) is 9.78 Å². The lowest BCUT2D eigenvalue weighted by Gasteiger charge is -2.18. The largest absolute Gasteiger partial charge is 0.497 e. The SMILES string of the molecule is COc1ccc(OC)c(C(C)NC(=O)c2cccnc2)c1. The van der Waals surface area contributed by atoms with Gasteiger partial charge in [-0.05, 0) is 37.3 Å². The molecule has 0 bridgehead atoms. The molecule has 1 unspecified atom stereocenters. The number of methoxy groups -OCH3 is 2. The Kier molecular flexibility index (Phi) is 4.77. The maximum atomic E-state index is 12.2. The third-order valence-electron chi connectivity index (χ3n) is 3.17. The van der Waals surface area contributed by atoms with Crippen molar-refractivity contribution in [3.63, 3.8) is 0 Å². The second-order valence-electron chi connectivity index (χ2n) is 4.54. The number of benzene rings is 1. The van der Waals surface area contributed by atoms with Gasteiger partial charge in [0.15, 0.2) is 0 Å². The third kappa shape index (κ3) is 3.51. The summed E-state index contributed by atoms with van der Waals surface area (Å²) in [7, 11) is 3.20. The number of carbonyl (C=O) groups excluding carboxylic acids is 1. The number of rotatable bonds is 5. The molecule has 1 aromatic carbocycles. The van der Waals surface area contributed by atoms with E-state index in [2.05, 4.69) is 10.3 Å².